The largest absolute Gasteiger partial charge is 0.497 e. The van der Waals surface area contributed by atoms with Crippen molar-refractivity contribution < 1.29 is 14.3 Å². The van der Waals surface area contributed by atoms with Gasteiger partial charge in [-0.15, -0.1) is 0 Å². The number of nitriles is 1. The third-order valence-electron chi connectivity index (χ3n) is 5.74. The Kier molecular flexibility index (Phi) is 6.42. The molecule has 1 aromatic carbocycles. The highest BCUT2D eigenvalue weighted by Crippen LogP contribution is 2.39. The lowest BCUT2D eigenvalue weighted by Gasteiger charge is -2.35. The number of hydrogen-bond acceptors (Lipinski definition) is 6. The molecular weight excluding hydrogens is 356 g/mol. The van der Waals surface area contributed by atoms with E-state index in [1.807, 2.05) is 25.1 Å². The molecule has 2 aliphatic rings. The highest BCUT2D eigenvalue weighted by Gasteiger charge is 2.43. The van der Waals surface area contributed by atoms with E-state index in [1.54, 1.807) is 14.2 Å². The number of nitrogens with zero attached hydrogens (tertiary/aromatic N) is 3. The highest BCUT2D eigenvalue weighted by atomic mass is 16.5. The fourth-order valence-electron chi connectivity index (χ4n) is 3.77. The molecule has 1 unspecified atom stereocenters. The SMILES string of the molecule is COc1ccc(OC)c(CN2CCN(CC(=O)NC(C)(C#N)C3CC3)CC2)c1. The first-order valence-electron chi connectivity index (χ1n) is 9.85. The number of piperazine rings is 1. The molecule has 1 aliphatic heterocycles. The summed E-state index contributed by atoms with van der Waals surface area (Å²) in [6.07, 6.45) is 2.05. The second kappa shape index (κ2) is 8.80. The van der Waals surface area contributed by atoms with Crippen molar-refractivity contribution in [1.29, 1.82) is 5.26 Å². The van der Waals surface area contributed by atoms with Crippen LogP contribution in [0.1, 0.15) is 25.3 Å². The smallest absolute Gasteiger partial charge is 0.235 e. The van der Waals surface area contributed by atoms with Crippen LogP contribution in [0.15, 0.2) is 18.2 Å². The fraction of sp³-hybridized carbons (Fsp3) is 0.619. The third kappa shape index (κ3) is 4.94. The molecule has 7 heteroatoms. The van der Waals surface area contributed by atoms with Gasteiger partial charge in [0.2, 0.25) is 5.91 Å². The molecule has 1 atom stereocenters. The number of ether oxygens (including phenoxy) is 2. The molecule has 0 aromatic heterocycles. The Hall–Kier alpha value is -2.30. The van der Waals surface area contributed by atoms with Crippen molar-refractivity contribution in [2.24, 2.45) is 5.92 Å². The molecule has 0 bridgehead atoms. The van der Waals surface area contributed by atoms with Gasteiger partial charge in [0, 0.05) is 38.3 Å². The minimum atomic E-state index is -0.720. The lowest BCUT2D eigenvalue weighted by Crippen LogP contribution is -2.53. The molecule has 0 spiro atoms. The second-order valence-corrected chi connectivity index (χ2v) is 7.87. The zero-order chi connectivity index (χ0) is 20.1. The second-order valence-electron chi connectivity index (χ2n) is 7.87. The molecule has 0 radical (unpaired) electrons. The molecule has 1 N–H and O–H groups in total. The third-order valence-corrected chi connectivity index (χ3v) is 5.74. The van der Waals surface area contributed by atoms with Gasteiger partial charge in [0.1, 0.15) is 17.0 Å². The van der Waals surface area contributed by atoms with E-state index in [0.717, 1.165) is 62.6 Å². The summed E-state index contributed by atoms with van der Waals surface area (Å²) in [6, 6.07) is 8.13. The average Bonchev–Trinajstić information content (AvgIpc) is 3.55. The van der Waals surface area contributed by atoms with E-state index in [-0.39, 0.29) is 5.91 Å². The van der Waals surface area contributed by atoms with Gasteiger partial charge in [0.25, 0.3) is 0 Å². The van der Waals surface area contributed by atoms with E-state index in [9.17, 15) is 10.1 Å². The Morgan fingerprint density at radius 1 is 1.21 bits per heavy atom. The lowest BCUT2D eigenvalue weighted by atomic mass is 9.98. The Morgan fingerprint density at radius 2 is 1.89 bits per heavy atom. The minimum Gasteiger partial charge on any atom is -0.497 e. The highest BCUT2D eigenvalue weighted by molar-refractivity contribution is 5.79. The summed E-state index contributed by atoms with van der Waals surface area (Å²) in [4.78, 5) is 16.9. The number of carbonyl (C=O) groups excluding carboxylic acids is 1. The van der Waals surface area contributed by atoms with E-state index in [4.69, 9.17) is 9.47 Å². The van der Waals surface area contributed by atoms with E-state index < -0.39 is 5.54 Å². The number of carbonyl (C=O) groups is 1. The first-order chi connectivity index (χ1) is 13.5. The van der Waals surface area contributed by atoms with Gasteiger partial charge in [0.15, 0.2) is 0 Å². The van der Waals surface area contributed by atoms with Crippen molar-refractivity contribution in [3.05, 3.63) is 23.8 Å². The molecule has 1 aromatic rings. The number of methoxy groups -OCH3 is 2. The van der Waals surface area contributed by atoms with Crippen molar-refractivity contribution >= 4 is 5.91 Å². The van der Waals surface area contributed by atoms with E-state index in [0.29, 0.717) is 12.5 Å². The van der Waals surface area contributed by atoms with Crippen LogP contribution in [0, 0.1) is 17.2 Å². The van der Waals surface area contributed by atoms with Crippen LogP contribution in [0.25, 0.3) is 0 Å². The number of hydrogen-bond donors (Lipinski definition) is 1. The number of nitrogens with one attached hydrogen (secondary N) is 1. The first-order valence-corrected chi connectivity index (χ1v) is 9.85. The maximum Gasteiger partial charge on any atom is 0.235 e. The number of amides is 1. The Morgan fingerprint density at radius 3 is 2.46 bits per heavy atom. The summed E-state index contributed by atoms with van der Waals surface area (Å²) in [7, 11) is 3.34. The molecule has 1 aliphatic carbocycles. The summed E-state index contributed by atoms with van der Waals surface area (Å²) in [5, 5.41) is 12.3. The van der Waals surface area contributed by atoms with Gasteiger partial charge < -0.3 is 14.8 Å². The van der Waals surface area contributed by atoms with Crippen LogP contribution in [0.3, 0.4) is 0 Å². The van der Waals surface area contributed by atoms with Crippen molar-refractivity contribution in [2.75, 3.05) is 46.9 Å². The van der Waals surface area contributed by atoms with Crippen LogP contribution in [0.5, 0.6) is 11.5 Å². The van der Waals surface area contributed by atoms with Gasteiger partial charge in [-0.3, -0.25) is 14.6 Å². The molecule has 152 valence electrons. The minimum absolute atomic E-state index is 0.0566. The lowest BCUT2D eigenvalue weighted by molar-refractivity contribution is -0.124. The zero-order valence-corrected chi connectivity index (χ0v) is 17.0. The average molecular weight is 386 g/mol. The van der Waals surface area contributed by atoms with Gasteiger partial charge in [-0.1, -0.05) is 0 Å². The Bertz CT molecular complexity index is 736. The van der Waals surface area contributed by atoms with Crippen molar-refractivity contribution in [2.45, 2.75) is 31.8 Å². The summed E-state index contributed by atoms with van der Waals surface area (Å²) in [5.41, 5.74) is 0.379. The van der Waals surface area contributed by atoms with E-state index >= 15 is 0 Å². The van der Waals surface area contributed by atoms with Crippen LogP contribution in [0.4, 0.5) is 0 Å². The van der Waals surface area contributed by atoms with Gasteiger partial charge in [0.05, 0.1) is 26.8 Å². The quantitative estimate of drug-likeness (QED) is 0.732. The fourth-order valence-corrected chi connectivity index (χ4v) is 3.77. The van der Waals surface area contributed by atoms with Gasteiger partial charge >= 0.3 is 0 Å². The number of benzene rings is 1. The van der Waals surface area contributed by atoms with Crippen LogP contribution in [0.2, 0.25) is 0 Å². The van der Waals surface area contributed by atoms with Gasteiger partial charge in [-0.2, -0.15) is 5.26 Å². The van der Waals surface area contributed by atoms with Crippen molar-refractivity contribution in [1.82, 2.24) is 15.1 Å². The predicted octanol–water partition coefficient (Wildman–Crippen LogP) is 1.63. The molecule has 7 nitrogen and oxygen atoms in total. The molecule has 3 rings (SSSR count). The molecular formula is C21H30N4O3. The maximum atomic E-state index is 12.4. The first kappa shape index (κ1) is 20.4. The molecule has 1 heterocycles. The van der Waals surface area contributed by atoms with E-state index in [2.05, 4.69) is 21.2 Å². The molecule has 28 heavy (non-hydrogen) atoms. The molecule has 1 amide bonds. The van der Waals surface area contributed by atoms with Gasteiger partial charge in [-0.25, -0.2) is 0 Å². The van der Waals surface area contributed by atoms with Gasteiger partial charge in [-0.05, 0) is 43.9 Å². The monoisotopic (exact) mass is 386 g/mol. The zero-order valence-electron chi connectivity index (χ0n) is 17.0. The molecule has 1 saturated carbocycles. The summed E-state index contributed by atoms with van der Waals surface area (Å²) >= 11 is 0. The van der Waals surface area contributed by atoms with Crippen LogP contribution < -0.4 is 14.8 Å². The summed E-state index contributed by atoms with van der Waals surface area (Å²) < 4.78 is 10.8. The van der Waals surface area contributed by atoms with Crippen molar-refractivity contribution in [3.8, 4) is 17.6 Å². The van der Waals surface area contributed by atoms with E-state index in [1.165, 1.54) is 0 Å². The summed E-state index contributed by atoms with van der Waals surface area (Å²) in [6.45, 7) is 6.38. The van der Waals surface area contributed by atoms with Crippen molar-refractivity contribution in [3.63, 3.8) is 0 Å². The normalized spacial score (nSPS) is 20.1. The standard InChI is InChI=1S/C21H30N4O3/c1-21(15-22,17-4-5-17)23-20(26)14-25-10-8-24(9-11-25)13-16-12-18(27-2)6-7-19(16)28-3/h6-7,12,17H,4-5,8-11,13-14H2,1-3H3,(H,23,26). The molecule has 2 fully saturated rings. The predicted molar refractivity (Wildman–Crippen MR) is 106 cm³/mol. The van der Waals surface area contributed by atoms with Crippen LogP contribution in [-0.2, 0) is 11.3 Å². The Balaban J connectivity index is 1.48. The maximum absolute atomic E-state index is 12.4. The Labute approximate surface area is 167 Å². The van der Waals surface area contributed by atoms with Crippen LogP contribution in [-0.4, -0.2) is 68.2 Å². The number of rotatable bonds is 8. The van der Waals surface area contributed by atoms with Crippen LogP contribution >= 0.6 is 0 Å². The molecule has 1 saturated heterocycles. The summed E-state index contributed by atoms with van der Waals surface area (Å²) in [5.74, 6) is 1.93. The topological polar surface area (TPSA) is 77.8 Å².